The second kappa shape index (κ2) is 3.86. The van der Waals surface area contributed by atoms with Gasteiger partial charge in [-0.2, -0.15) is 0 Å². The van der Waals surface area contributed by atoms with E-state index in [9.17, 15) is 0 Å². The molecule has 0 atom stereocenters. The molecule has 0 aliphatic carbocycles. The van der Waals surface area contributed by atoms with E-state index < -0.39 is 0 Å². The largest absolute Gasteiger partial charge is 0.215 e. The molecule has 3 aromatic rings. The van der Waals surface area contributed by atoms with Crippen LogP contribution in [0.2, 0.25) is 0 Å². The predicted octanol–water partition coefficient (Wildman–Crippen LogP) is 2.39. The van der Waals surface area contributed by atoms with Gasteiger partial charge in [-0.25, -0.2) is 0 Å². The molecule has 4 nitrogen and oxygen atoms in total. The lowest BCUT2D eigenvalue weighted by Gasteiger charge is -1.95. The minimum atomic E-state index is 0.666. The number of rotatable bonds is 2. The average molecular weight is 228 g/mol. The van der Waals surface area contributed by atoms with Gasteiger partial charge in [-0.3, -0.25) is 0 Å². The maximum atomic E-state index is 4.33. The van der Waals surface area contributed by atoms with Gasteiger partial charge in [-0.05, 0) is 28.8 Å². The lowest BCUT2D eigenvalue weighted by molar-refractivity contribution is 0.720. The molecule has 78 valence electrons. The third-order valence-electron chi connectivity index (χ3n) is 2.14. The van der Waals surface area contributed by atoms with Gasteiger partial charge in [0.15, 0.2) is 0 Å². The van der Waals surface area contributed by atoms with Gasteiger partial charge in [0.05, 0.1) is 10.6 Å². The van der Waals surface area contributed by atoms with E-state index in [-0.39, 0.29) is 0 Å². The number of benzene rings is 1. The summed E-state index contributed by atoms with van der Waals surface area (Å²) in [6, 6.07) is 13.7. The number of aromatic nitrogens is 4. The van der Waals surface area contributed by atoms with Crippen LogP contribution in [0.4, 0.5) is 0 Å². The number of hydrogen-bond acceptors (Lipinski definition) is 4. The van der Waals surface area contributed by atoms with E-state index >= 15 is 0 Å². The van der Waals surface area contributed by atoms with Gasteiger partial charge in [-0.15, -0.1) is 26.3 Å². The fourth-order valence-corrected chi connectivity index (χ4v) is 2.04. The van der Waals surface area contributed by atoms with Crippen molar-refractivity contribution >= 4 is 11.3 Å². The summed E-state index contributed by atoms with van der Waals surface area (Å²) in [5, 5.41) is 14.4. The molecule has 5 heteroatoms. The molecule has 0 amide bonds. The molecule has 0 fully saturated rings. The van der Waals surface area contributed by atoms with E-state index in [0.29, 0.717) is 5.82 Å². The van der Waals surface area contributed by atoms with Crippen LogP contribution < -0.4 is 0 Å². The van der Waals surface area contributed by atoms with E-state index in [2.05, 4.69) is 15.4 Å². The predicted molar refractivity (Wildman–Crippen MR) is 62.5 cm³/mol. The third-order valence-corrected chi connectivity index (χ3v) is 3.01. The zero-order chi connectivity index (χ0) is 10.8. The molecule has 0 saturated heterocycles. The molecule has 1 aromatic carbocycles. The Labute approximate surface area is 96.2 Å². The van der Waals surface area contributed by atoms with Crippen LogP contribution in [0.25, 0.3) is 16.4 Å². The number of nitrogens with zero attached hydrogens (tertiary/aromatic N) is 4. The smallest absolute Gasteiger partial charge is 0.140 e. The monoisotopic (exact) mass is 228 g/mol. The third kappa shape index (κ3) is 1.61. The van der Waals surface area contributed by atoms with Crippen molar-refractivity contribution in [2.45, 2.75) is 0 Å². The number of para-hydroxylation sites is 1. The van der Waals surface area contributed by atoms with Crippen molar-refractivity contribution in [2.75, 3.05) is 0 Å². The summed E-state index contributed by atoms with van der Waals surface area (Å²) in [4.78, 5) is 2.57. The Morgan fingerprint density at radius 3 is 2.62 bits per heavy atom. The molecule has 3 rings (SSSR count). The Morgan fingerprint density at radius 1 is 1.00 bits per heavy atom. The molecular weight excluding hydrogens is 220 g/mol. The first-order valence-corrected chi connectivity index (χ1v) is 5.71. The summed E-state index contributed by atoms with van der Waals surface area (Å²) in [7, 11) is 0. The van der Waals surface area contributed by atoms with Crippen molar-refractivity contribution in [1.82, 2.24) is 20.2 Å². The van der Waals surface area contributed by atoms with E-state index in [1.54, 1.807) is 11.3 Å². The van der Waals surface area contributed by atoms with Gasteiger partial charge in [0, 0.05) is 0 Å². The van der Waals surface area contributed by atoms with E-state index in [1.807, 2.05) is 47.8 Å². The minimum absolute atomic E-state index is 0.666. The first kappa shape index (κ1) is 9.23. The first-order valence-electron chi connectivity index (χ1n) is 4.83. The highest BCUT2D eigenvalue weighted by molar-refractivity contribution is 7.13. The molecule has 0 radical (unpaired) electrons. The Morgan fingerprint density at radius 2 is 1.88 bits per heavy atom. The second-order valence-electron chi connectivity index (χ2n) is 3.22. The maximum absolute atomic E-state index is 4.33. The SMILES string of the molecule is c1ccc(-n2nnc(-c3cccs3)n2)cc1. The van der Waals surface area contributed by atoms with Crippen molar-refractivity contribution in [3.63, 3.8) is 0 Å². The van der Waals surface area contributed by atoms with Crippen LogP contribution >= 0.6 is 11.3 Å². The molecular formula is C11H8N4S. The Hall–Kier alpha value is -2.01. The van der Waals surface area contributed by atoms with Crippen molar-refractivity contribution in [3.05, 3.63) is 47.8 Å². The molecule has 0 saturated carbocycles. The molecule has 2 aromatic heterocycles. The highest BCUT2D eigenvalue weighted by Crippen LogP contribution is 2.20. The summed E-state index contributed by atoms with van der Waals surface area (Å²) in [5.74, 6) is 0.666. The lowest BCUT2D eigenvalue weighted by Crippen LogP contribution is -1.97. The van der Waals surface area contributed by atoms with Crippen LogP contribution in [-0.4, -0.2) is 20.2 Å². The molecule has 2 heterocycles. The zero-order valence-electron chi connectivity index (χ0n) is 8.32. The maximum Gasteiger partial charge on any atom is 0.215 e. The first-order chi connectivity index (χ1) is 7.93. The summed E-state index contributed by atoms with van der Waals surface area (Å²) in [5.41, 5.74) is 0.915. The Balaban J connectivity index is 2.00. The van der Waals surface area contributed by atoms with Gasteiger partial charge < -0.3 is 0 Å². The topological polar surface area (TPSA) is 43.6 Å². The normalized spacial score (nSPS) is 10.5. The highest BCUT2D eigenvalue weighted by Gasteiger charge is 2.06. The fraction of sp³-hybridized carbons (Fsp3) is 0. The van der Waals surface area contributed by atoms with E-state index in [4.69, 9.17) is 0 Å². The fourth-order valence-electron chi connectivity index (χ4n) is 1.39. The van der Waals surface area contributed by atoms with Gasteiger partial charge in [-0.1, -0.05) is 24.3 Å². The highest BCUT2D eigenvalue weighted by atomic mass is 32.1. The van der Waals surface area contributed by atoms with Crippen LogP contribution in [0, 0.1) is 0 Å². The summed E-state index contributed by atoms with van der Waals surface area (Å²) in [6.45, 7) is 0. The number of thiophene rings is 1. The molecule has 0 bridgehead atoms. The van der Waals surface area contributed by atoms with Crippen LogP contribution in [0.15, 0.2) is 47.8 Å². The standard InChI is InChI=1S/C11H8N4S/c1-2-5-9(6-3-1)15-13-11(12-14-15)10-7-4-8-16-10/h1-8H. The van der Waals surface area contributed by atoms with Crippen LogP contribution in [0.1, 0.15) is 0 Å². The molecule has 0 unspecified atom stereocenters. The van der Waals surface area contributed by atoms with Crippen molar-refractivity contribution in [3.8, 4) is 16.4 Å². The molecule has 0 aliphatic heterocycles. The molecule has 0 spiro atoms. The second-order valence-corrected chi connectivity index (χ2v) is 4.16. The zero-order valence-corrected chi connectivity index (χ0v) is 9.13. The molecule has 0 N–H and O–H groups in total. The van der Waals surface area contributed by atoms with Crippen molar-refractivity contribution in [1.29, 1.82) is 0 Å². The minimum Gasteiger partial charge on any atom is -0.140 e. The van der Waals surface area contributed by atoms with Crippen LogP contribution in [-0.2, 0) is 0 Å². The van der Waals surface area contributed by atoms with Gasteiger partial charge >= 0.3 is 0 Å². The number of hydrogen-bond donors (Lipinski definition) is 0. The van der Waals surface area contributed by atoms with Gasteiger partial charge in [0.1, 0.15) is 0 Å². The lowest BCUT2D eigenvalue weighted by atomic mass is 10.3. The van der Waals surface area contributed by atoms with Crippen molar-refractivity contribution < 1.29 is 0 Å². The summed E-state index contributed by atoms with van der Waals surface area (Å²) >= 11 is 1.61. The van der Waals surface area contributed by atoms with E-state index in [0.717, 1.165) is 10.6 Å². The van der Waals surface area contributed by atoms with Gasteiger partial charge in [0.2, 0.25) is 5.82 Å². The summed E-state index contributed by atoms with van der Waals surface area (Å²) < 4.78 is 0. The van der Waals surface area contributed by atoms with E-state index in [1.165, 1.54) is 4.80 Å². The summed E-state index contributed by atoms with van der Waals surface area (Å²) in [6.07, 6.45) is 0. The van der Waals surface area contributed by atoms with Crippen molar-refractivity contribution in [2.24, 2.45) is 0 Å². The molecule has 0 aliphatic rings. The Kier molecular flexibility index (Phi) is 2.23. The molecule has 16 heavy (non-hydrogen) atoms. The van der Waals surface area contributed by atoms with Gasteiger partial charge in [0.25, 0.3) is 0 Å². The Bertz CT molecular complexity index is 571. The number of tetrazole rings is 1. The van der Waals surface area contributed by atoms with Crippen LogP contribution in [0.3, 0.4) is 0 Å². The van der Waals surface area contributed by atoms with Crippen LogP contribution in [0.5, 0.6) is 0 Å². The average Bonchev–Trinajstić information content (AvgIpc) is 3.01. The quantitative estimate of drug-likeness (QED) is 0.676.